The van der Waals surface area contributed by atoms with Crippen molar-refractivity contribution in [3.8, 4) is 0 Å². The van der Waals surface area contributed by atoms with Crippen LogP contribution < -0.4 is 0 Å². The van der Waals surface area contributed by atoms with Gasteiger partial charge in [-0.3, -0.25) is 4.79 Å². The zero-order valence-corrected chi connectivity index (χ0v) is 10.8. The molecule has 0 bridgehead atoms. The lowest BCUT2D eigenvalue weighted by Crippen LogP contribution is -1.89. The van der Waals surface area contributed by atoms with Crippen molar-refractivity contribution in [2.24, 2.45) is 0 Å². The Morgan fingerprint density at radius 3 is 2.41 bits per heavy atom. The van der Waals surface area contributed by atoms with Crippen LogP contribution in [0.5, 0.6) is 0 Å². The number of hydrogen-bond acceptors (Lipinski definition) is 4. The van der Waals surface area contributed by atoms with Gasteiger partial charge in [-0.05, 0) is 30.0 Å². The van der Waals surface area contributed by atoms with E-state index in [-0.39, 0.29) is 0 Å². The second-order valence-electron chi connectivity index (χ2n) is 3.09. The Kier molecular flexibility index (Phi) is 3.99. The van der Waals surface area contributed by atoms with Gasteiger partial charge < -0.3 is 0 Å². The van der Waals surface area contributed by atoms with Crippen LogP contribution in [0.3, 0.4) is 0 Å². The van der Waals surface area contributed by atoms with Gasteiger partial charge in [0.15, 0.2) is 11.4 Å². The highest BCUT2D eigenvalue weighted by atomic mass is 35.5. The maximum atomic E-state index is 10.4. The normalized spacial score (nSPS) is 10.2. The number of nitrogens with zero attached hydrogens (tertiary/aromatic N) is 2. The molecule has 1 aromatic heterocycles. The van der Waals surface area contributed by atoms with Crippen LogP contribution in [0.2, 0.25) is 10.0 Å². The first-order chi connectivity index (χ1) is 8.19. The molecule has 0 amide bonds. The van der Waals surface area contributed by atoms with E-state index in [9.17, 15) is 4.79 Å². The monoisotopic (exact) mass is 284 g/mol. The van der Waals surface area contributed by atoms with Gasteiger partial charge in [-0.1, -0.05) is 23.2 Å². The summed E-state index contributed by atoms with van der Waals surface area (Å²) < 4.78 is 0. The molecule has 0 fully saturated rings. The van der Waals surface area contributed by atoms with Gasteiger partial charge in [-0.25, -0.2) is 9.97 Å². The molecule has 0 aliphatic heterocycles. The average Bonchev–Trinajstić information content (AvgIpc) is 2.35. The third-order valence-corrected chi connectivity index (χ3v) is 3.51. The summed E-state index contributed by atoms with van der Waals surface area (Å²) in [6.07, 6.45) is 3.65. The summed E-state index contributed by atoms with van der Waals surface area (Å²) in [6.45, 7) is 0. The molecule has 0 unspecified atom stereocenters. The van der Waals surface area contributed by atoms with Gasteiger partial charge in [0, 0.05) is 17.3 Å². The summed E-state index contributed by atoms with van der Waals surface area (Å²) in [7, 11) is 0. The number of rotatable bonds is 3. The molecule has 0 aliphatic carbocycles. The topological polar surface area (TPSA) is 42.9 Å². The highest BCUT2D eigenvalue weighted by Gasteiger charge is 2.03. The van der Waals surface area contributed by atoms with E-state index >= 15 is 0 Å². The largest absolute Gasteiger partial charge is 0.298 e. The third-order valence-electron chi connectivity index (χ3n) is 1.88. The highest BCUT2D eigenvalue weighted by Crippen LogP contribution is 2.30. The molecule has 0 saturated heterocycles. The third kappa shape index (κ3) is 3.19. The summed E-state index contributed by atoms with van der Waals surface area (Å²) in [5.41, 5.74) is 0.448. The molecule has 0 aliphatic rings. The Balaban J connectivity index is 2.19. The minimum absolute atomic E-state index is 0.448. The molecule has 1 aromatic carbocycles. The van der Waals surface area contributed by atoms with Crippen LogP contribution in [0.1, 0.15) is 10.4 Å². The van der Waals surface area contributed by atoms with Crippen LogP contribution in [0.25, 0.3) is 0 Å². The van der Waals surface area contributed by atoms with Gasteiger partial charge in [0.2, 0.25) is 0 Å². The predicted molar refractivity (Wildman–Crippen MR) is 68.0 cm³/mol. The maximum Gasteiger partial charge on any atom is 0.192 e. The van der Waals surface area contributed by atoms with Crippen LogP contribution >= 0.6 is 35.0 Å². The van der Waals surface area contributed by atoms with Crippen molar-refractivity contribution in [2.75, 3.05) is 0 Å². The van der Waals surface area contributed by atoms with Crippen molar-refractivity contribution in [1.29, 1.82) is 0 Å². The van der Waals surface area contributed by atoms with E-state index in [2.05, 4.69) is 9.97 Å². The number of halogens is 2. The molecule has 0 atom stereocenters. The first kappa shape index (κ1) is 12.4. The first-order valence-electron chi connectivity index (χ1n) is 4.59. The van der Waals surface area contributed by atoms with E-state index in [1.54, 1.807) is 12.1 Å². The summed E-state index contributed by atoms with van der Waals surface area (Å²) in [4.78, 5) is 19.4. The zero-order valence-electron chi connectivity index (χ0n) is 8.43. The van der Waals surface area contributed by atoms with Crippen LogP contribution in [0.4, 0.5) is 0 Å². The summed E-state index contributed by atoms with van der Waals surface area (Å²) in [6, 6.07) is 5.29. The summed E-state index contributed by atoms with van der Waals surface area (Å²) >= 11 is 13.1. The molecule has 17 heavy (non-hydrogen) atoms. The average molecular weight is 285 g/mol. The molecule has 0 radical (unpaired) electrons. The number of hydrogen-bond donors (Lipinski definition) is 0. The van der Waals surface area contributed by atoms with Crippen molar-refractivity contribution in [3.05, 3.63) is 46.2 Å². The molecule has 1 heterocycles. The molecule has 2 rings (SSSR count). The van der Waals surface area contributed by atoms with Crippen LogP contribution in [-0.4, -0.2) is 16.3 Å². The van der Waals surface area contributed by atoms with Gasteiger partial charge in [0.25, 0.3) is 0 Å². The molecule has 0 spiro atoms. The Morgan fingerprint density at radius 2 is 1.82 bits per heavy atom. The van der Waals surface area contributed by atoms with Crippen LogP contribution in [0, 0.1) is 0 Å². The zero-order chi connectivity index (χ0) is 12.3. The summed E-state index contributed by atoms with van der Waals surface area (Å²) in [5.74, 6) is 0. The molecule has 86 valence electrons. The predicted octanol–water partition coefficient (Wildman–Crippen LogP) is 3.75. The molecule has 0 N–H and O–H groups in total. The lowest BCUT2D eigenvalue weighted by molar-refractivity contribution is 0.112. The van der Waals surface area contributed by atoms with Crippen molar-refractivity contribution < 1.29 is 4.79 Å². The fraction of sp³-hybridized carbons (Fsp3) is 0. The Bertz CT molecular complexity index is 546. The van der Waals surface area contributed by atoms with Crippen molar-refractivity contribution in [1.82, 2.24) is 9.97 Å². The van der Waals surface area contributed by atoms with E-state index in [0.717, 1.165) is 4.90 Å². The lowest BCUT2D eigenvalue weighted by Gasteiger charge is -2.01. The van der Waals surface area contributed by atoms with E-state index in [4.69, 9.17) is 23.2 Å². The SMILES string of the molecule is O=Cc1cnc(Sc2ccc(Cl)c(Cl)c2)nc1. The molecule has 0 saturated carbocycles. The van der Waals surface area contributed by atoms with E-state index in [1.165, 1.54) is 24.2 Å². The highest BCUT2D eigenvalue weighted by molar-refractivity contribution is 7.99. The fourth-order valence-corrected chi connectivity index (χ4v) is 2.18. The van der Waals surface area contributed by atoms with Gasteiger partial charge >= 0.3 is 0 Å². The number of carbonyl (C=O) groups is 1. The van der Waals surface area contributed by atoms with Crippen molar-refractivity contribution >= 4 is 41.2 Å². The number of aromatic nitrogens is 2. The molecule has 2 aromatic rings. The van der Waals surface area contributed by atoms with E-state index in [0.29, 0.717) is 27.1 Å². The maximum absolute atomic E-state index is 10.4. The van der Waals surface area contributed by atoms with Gasteiger partial charge in [0.1, 0.15) is 0 Å². The standard InChI is InChI=1S/C11H6Cl2N2OS/c12-9-2-1-8(3-10(9)13)17-11-14-4-7(6-16)5-15-11/h1-6H. The number of benzene rings is 1. The number of aldehydes is 1. The van der Waals surface area contributed by atoms with Gasteiger partial charge in [-0.15, -0.1) is 0 Å². The van der Waals surface area contributed by atoms with Gasteiger partial charge in [-0.2, -0.15) is 0 Å². The Morgan fingerprint density at radius 1 is 1.12 bits per heavy atom. The second-order valence-corrected chi connectivity index (χ2v) is 4.95. The minimum Gasteiger partial charge on any atom is -0.298 e. The lowest BCUT2D eigenvalue weighted by atomic mass is 10.4. The second kappa shape index (κ2) is 5.49. The first-order valence-corrected chi connectivity index (χ1v) is 6.16. The van der Waals surface area contributed by atoms with E-state index < -0.39 is 0 Å². The smallest absolute Gasteiger partial charge is 0.192 e. The number of carbonyl (C=O) groups excluding carboxylic acids is 1. The van der Waals surface area contributed by atoms with E-state index in [1.807, 2.05) is 6.07 Å². The van der Waals surface area contributed by atoms with Crippen molar-refractivity contribution in [2.45, 2.75) is 10.1 Å². The molecular formula is C11H6Cl2N2OS. The van der Waals surface area contributed by atoms with Crippen molar-refractivity contribution in [3.63, 3.8) is 0 Å². The van der Waals surface area contributed by atoms with Crippen LogP contribution in [-0.2, 0) is 0 Å². The quantitative estimate of drug-likeness (QED) is 0.636. The Hall–Kier alpha value is -1.10. The summed E-state index contributed by atoms with van der Waals surface area (Å²) in [5, 5.41) is 1.54. The Labute approximate surface area is 112 Å². The van der Waals surface area contributed by atoms with Crippen LogP contribution in [0.15, 0.2) is 40.6 Å². The minimum atomic E-state index is 0.448. The molecular weight excluding hydrogens is 279 g/mol. The fourth-order valence-electron chi connectivity index (χ4n) is 1.09. The molecule has 6 heteroatoms. The molecule has 3 nitrogen and oxygen atoms in total. The van der Waals surface area contributed by atoms with Gasteiger partial charge in [0.05, 0.1) is 15.6 Å².